The predicted octanol–water partition coefficient (Wildman–Crippen LogP) is 3.05. The van der Waals surface area contributed by atoms with E-state index in [2.05, 4.69) is 20.4 Å². The van der Waals surface area contributed by atoms with Gasteiger partial charge >= 0.3 is 0 Å². The number of aromatic nitrogens is 5. The van der Waals surface area contributed by atoms with Gasteiger partial charge in [0.05, 0.1) is 40.6 Å². The summed E-state index contributed by atoms with van der Waals surface area (Å²) in [6.07, 6.45) is 3.31. The number of hydrogen-bond donors (Lipinski definition) is 0. The SMILES string of the molecule is Cc1nc2cc(F)ccc2c(=O)n1/N=C/c1ccc(-n2cc(CCl)nn2)cc1. The van der Waals surface area contributed by atoms with E-state index in [1.165, 1.54) is 22.9 Å². The van der Waals surface area contributed by atoms with E-state index in [0.717, 1.165) is 11.3 Å². The van der Waals surface area contributed by atoms with Crippen LogP contribution in [-0.4, -0.2) is 30.9 Å². The Labute approximate surface area is 163 Å². The molecule has 140 valence electrons. The van der Waals surface area contributed by atoms with Gasteiger partial charge in [0, 0.05) is 6.07 Å². The zero-order valence-corrected chi connectivity index (χ0v) is 15.5. The van der Waals surface area contributed by atoms with E-state index in [4.69, 9.17) is 11.6 Å². The van der Waals surface area contributed by atoms with Gasteiger partial charge < -0.3 is 0 Å². The quantitative estimate of drug-likeness (QED) is 0.392. The first-order chi connectivity index (χ1) is 13.5. The van der Waals surface area contributed by atoms with Crippen molar-refractivity contribution in [1.29, 1.82) is 0 Å². The number of halogens is 2. The maximum absolute atomic E-state index is 13.4. The molecule has 2 aromatic heterocycles. The van der Waals surface area contributed by atoms with Crippen LogP contribution >= 0.6 is 11.6 Å². The minimum absolute atomic E-state index is 0.297. The highest BCUT2D eigenvalue weighted by Crippen LogP contribution is 2.11. The molecule has 0 radical (unpaired) electrons. The second kappa shape index (κ2) is 7.32. The Hall–Kier alpha value is -3.39. The van der Waals surface area contributed by atoms with E-state index in [9.17, 15) is 9.18 Å². The van der Waals surface area contributed by atoms with Crippen molar-refractivity contribution in [2.45, 2.75) is 12.8 Å². The lowest BCUT2D eigenvalue weighted by atomic mass is 10.2. The highest BCUT2D eigenvalue weighted by atomic mass is 35.5. The predicted molar refractivity (Wildman–Crippen MR) is 105 cm³/mol. The van der Waals surface area contributed by atoms with E-state index in [-0.39, 0.29) is 5.56 Å². The van der Waals surface area contributed by atoms with Crippen molar-refractivity contribution >= 4 is 28.7 Å². The number of alkyl halides is 1. The molecule has 0 spiro atoms. The van der Waals surface area contributed by atoms with E-state index >= 15 is 0 Å². The summed E-state index contributed by atoms with van der Waals surface area (Å²) in [7, 11) is 0. The second-order valence-corrected chi connectivity index (χ2v) is 6.33. The Morgan fingerprint density at radius 2 is 2.00 bits per heavy atom. The Morgan fingerprint density at radius 3 is 2.71 bits per heavy atom. The summed E-state index contributed by atoms with van der Waals surface area (Å²) in [4.78, 5) is 16.9. The highest BCUT2D eigenvalue weighted by Gasteiger charge is 2.08. The molecule has 0 bridgehead atoms. The lowest BCUT2D eigenvalue weighted by molar-refractivity contribution is 0.629. The maximum atomic E-state index is 13.4. The normalized spacial score (nSPS) is 11.5. The minimum atomic E-state index is -0.439. The Kier molecular flexibility index (Phi) is 4.70. The van der Waals surface area contributed by atoms with Crippen LogP contribution in [0.5, 0.6) is 0 Å². The number of nitrogens with zero attached hydrogens (tertiary/aromatic N) is 6. The Morgan fingerprint density at radius 1 is 1.21 bits per heavy atom. The van der Waals surface area contributed by atoms with Crippen molar-refractivity contribution in [3.05, 3.63) is 81.9 Å². The molecule has 0 aliphatic rings. The standard InChI is InChI=1S/C19H14ClFN6O/c1-12-23-18-8-14(21)4-7-17(18)19(28)27(12)22-10-13-2-5-16(6-3-13)26-11-15(9-20)24-25-26/h2-8,10-11H,9H2,1H3/b22-10+. The van der Waals surface area contributed by atoms with Crippen molar-refractivity contribution in [2.75, 3.05) is 0 Å². The van der Waals surface area contributed by atoms with E-state index < -0.39 is 5.82 Å². The van der Waals surface area contributed by atoms with Crippen LogP contribution in [0.25, 0.3) is 16.6 Å². The molecule has 9 heteroatoms. The van der Waals surface area contributed by atoms with Crippen LogP contribution in [0.2, 0.25) is 0 Å². The number of fused-ring (bicyclic) bond motifs is 1. The Balaban J connectivity index is 1.64. The maximum Gasteiger partial charge on any atom is 0.282 e. The molecule has 4 aromatic rings. The summed E-state index contributed by atoms with van der Waals surface area (Å²) in [5, 5.41) is 12.5. The van der Waals surface area contributed by atoms with Crippen molar-refractivity contribution in [1.82, 2.24) is 24.7 Å². The molecule has 0 unspecified atom stereocenters. The van der Waals surface area contributed by atoms with Crippen LogP contribution in [-0.2, 0) is 5.88 Å². The molecule has 2 aromatic carbocycles. The molecule has 0 fully saturated rings. The van der Waals surface area contributed by atoms with Gasteiger partial charge in [-0.25, -0.2) is 14.1 Å². The molecule has 0 saturated heterocycles. The van der Waals surface area contributed by atoms with Crippen LogP contribution in [0.15, 0.2) is 58.6 Å². The zero-order chi connectivity index (χ0) is 19.7. The third kappa shape index (κ3) is 3.41. The van der Waals surface area contributed by atoms with Gasteiger partial charge in [-0.2, -0.15) is 9.78 Å². The zero-order valence-electron chi connectivity index (χ0n) is 14.8. The van der Waals surface area contributed by atoms with Crippen molar-refractivity contribution in [3.8, 4) is 5.69 Å². The van der Waals surface area contributed by atoms with Crippen LogP contribution in [0, 0.1) is 12.7 Å². The van der Waals surface area contributed by atoms with Crippen molar-refractivity contribution in [3.63, 3.8) is 0 Å². The molecule has 0 atom stereocenters. The van der Waals surface area contributed by atoms with Gasteiger partial charge in [0.1, 0.15) is 11.6 Å². The van der Waals surface area contributed by atoms with Gasteiger partial charge in [-0.3, -0.25) is 4.79 Å². The van der Waals surface area contributed by atoms with Gasteiger partial charge in [0.25, 0.3) is 5.56 Å². The molecule has 0 saturated carbocycles. The van der Waals surface area contributed by atoms with Gasteiger partial charge in [-0.05, 0) is 36.8 Å². The van der Waals surface area contributed by atoms with Crippen molar-refractivity contribution in [2.24, 2.45) is 5.10 Å². The fourth-order valence-corrected chi connectivity index (χ4v) is 2.84. The van der Waals surface area contributed by atoms with E-state index in [0.29, 0.717) is 28.3 Å². The molecule has 28 heavy (non-hydrogen) atoms. The van der Waals surface area contributed by atoms with Gasteiger partial charge in [-0.15, -0.1) is 16.7 Å². The molecule has 2 heterocycles. The van der Waals surface area contributed by atoms with E-state index in [1.807, 2.05) is 24.3 Å². The average molecular weight is 397 g/mol. The van der Waals surface area contributed by atoms with Crippen LogP contribution in [0.3, 0.4) is 0 Å². The lowest BCUT2D eigenvalue weighted by Crippen LogP contribution is -2.20. The van der Waals surface area contributed by atoms with Crippen LogP contribution in [0.4, 0.5) is 4.39 Å². The third-order valence-electron chi connectivity index (χ3n) is 4.13. The van der Waals surface area contributed by atoms with Crippen LogP contribution < -0.4 is 5.56 Å². The van der Waals surface area contributed by atoms with Gasteiger partial charge in [0.2, 0.25) is 0 Å². The third-order valence-corrected chi connectivity index (χ3v) is 4.40. The summed E-state index contributed by atoms with van der Waals surface area (Å²) in [5.74, 6) is 0.225. The van der Waals surface area contributed by atoms with Crippen molar-refractivity contribution < 1.29 is 4.39 Å². The fourth-order valence-electron chi connectivity index (χ4n) is 2.72. The summed E-state index contributed by atoms with van der Waals surface area (Å²) in [5.41, 5.74) is 2.25. The fraction of sp³-hybridized carbons (Fsp3) is 0.105. The van der Waals surface area contributed by atoms with Gasteiger partial charge in [0.15, 0.2) is 0 Å². The molecule has 4 rings (SSSR count). The summed E-state index contributed by atoms with van der Waals surface area (Å²) in [6.45, 7) is 1.64. The summed E-state index contributed by atoms with van der Waals surface area (Å²) >= 11 is 5.74. The first-order valence-electron chi connectivity index (χ1n) is 8.36. The topological polar surface area (TPSA) is 78.0 Å². The van der Waals surface area contributed by atoms with Crippen LogP contribution in [0.1, 0.15) is 17.1 Å². The minimum Gasteiger partial charge on any atom is -0.267 e. The second-order valence-electron chi connectivity index (χ2n) is 6.06. The molecule has 7 nitrogen and oxygen atoms in total. The van der Waals surface area contributed by atoms with E-state index in [1.54, 1.807) is 24.0 Å². The molecular formula is C19H14ClFN6O. The molecule has 0 aliphatic carbocycles. The first kappa shape index (κ1) is 18.0. The lowest BCUT2D eigenvalue weighted by Gasteiger charge is -2.05. The number of rotatable bonds is 4. The molecular weight excluding hydrogens is 383 g/mol. The molecule has 0 amide bonds. The first-order valence-corrected chi connectivity index (χ1v) is 8.89. The van der Waals surface area contributed by atoms with Gasteiger partial charge in [-0.1, -0.05) is 17.3 Å². The average Bonchev–Trinajstić information content (AvgIpc) is 3.17. The highest BCUT2D eigenvalue weighted by molar-refractivity contribution is 6.16. The Bertz CT molecular complexity index is 1250. The number of benzene rings is 2. The number of hydrogen-bond acceptors (Lipinski definition) is 5. The number of aryl methyl sites for hydroxylation is 1. The summed E-state index contributed by atoms with van der Waals surface area (Å²) in [6, 6.07) is 11.3. The largest absolute Gasteiger partial charge is 0.282 e. The smallest absolute Gasteiger partial charge is 0.267 e. The molecule has 0 aliphatic heterocycles. The molecule has 0 N–H and O–H groups in total. The summed E-state index contributed by atoms with van der Waals surface area (Å²) < 4.78 is 16.2. The monoisotopic (exact) mass is 396 g/mol.